The van der Waals surface area contributed by atoms with Gasteiger partial charge in [-0.2, -0.15) is 0 Å². The number of amides is 1. The minimum atomic E-state index is -0.293. The van der Waals surface area contributed by atoms with E-state index in [0.717, 1.165) is 18.4 Å². The third kappa shape index (κ3) is 7.29. The number of hydrogen-bond donors (Lipinski definition) is 2. The molecule has 1 saturated heterocycles. The standard InChI is InChI=1S/C19H31N3O4/c1-24-15-17(8-5-9-20)21-12-18-13-22(10-11-25-18)19(23)26-14-16-6-3-2-4-7-16/h2-4,6-7,17-18,21H,5,8-15,20H2,1H3. The van der Waals surface area contributed by atoms with E-state index in [1.165, 1.54) is 0 Å². The molecule has 1 aromatic carbocycles. The highest BCUT2D eigenvalue weighted by molar-refractivity contribution is 5.67. The molecule has 1 aliphatic rings. The van der Waals surface area contributed by atoms with Crippen molar-refractivity contribution < 1.29 is 19.0 Å². The molecular weight excluding hydrogens is 334 g/mol. The maximum atomic E-state index is 12.3. The maximum absolute atomic E-state index is 12.3. The van der Waals surface area contributed by atoms with Crippen LogP contribution >= 0.6 is 0 Å². The minimum Gasteiger partial charge on any atom is -0.445 e. The van der Waals surface area contributed by atoms with Crippen LogP contribution in [0.25, 0.3) is 0 Å². The Morgan fingerprint density at radius 1 is 1.42 bits per heavy atom. The SMILES string of the molecule is COCC(CCCN)NCC1CN(C(=O)OCc2ccccc2)CCO1. The van der Waals surface area contributed by atoms with Crippen molar-refractivity contribution in [1.29, 1.82) is 0 Å². The summed E-state index contributed by atoms with van der Waals surface area (Å²) in [6.45, 7) is 3.86. The first-order chi connectivity index (χ1) is 12.7. The topological polar surface area (TPSA) is 86.1 Å². The lowest BCUT2D eigenvalue weighted by atomic mass is 10.1. The Kier molecular flexibility index (Phi) is 9.41. The number of rotatable bonds is 10. The summed E-state index contributed by atoms with van der Waals surface area (Å²) in [5.41, 5.74) is 6.56. The predicted octanol–water partition coefficient (Wildman–Crippen LogP) is 1.37. The average molecular weight is 365 g/mol. The van der Waals surface area contributed by atoms with Gasteiger partial charge in [0.25, 0.3) is 0 Å². The number of benzene rings is 1. The average Bonchev–Trinajstić information content (AvgIpc) is 2.69. The van der Waals surface area contributed by atoms with Gasteiger partial charge in [0.05, 0.1) is 25.9 Å². The zero-order valence-corrected chi connectivity index (χ0v) is 15.6. The molecule has 2 rings (SSSR count). The van der Waals surface area contributed by atoms with Crippen molar-refractivity contribution in [2.24, 2.45) is 5.73 Å². The molecule has 1 heterocycles. The van der Waals surface area contributed by atoms with Gasteiger partial charge in [-0.1, -0.05) is 30.3 Å². The van der Waals surface area contributed by atoms with E-state index in [1.807, 2.05) is 30.3 Å². The molecule has 1 aromatic rings. The van der Waals surface area contributed by atoms with Gasteiger partial charge in [-0.3, -0.25) is 0 Å². The number of methoxy groups -OCH3 is 1. The van der Waals surface area contributed by atoms with Gasteiger partial charge < -0.3 is 30.2 Å². The van der Waals surface area contributed by atoms with Crippen LogP contribution in [0.15, 0.2) is 30.3 Å². The largest absolute Gasteiger partial charge is 0.445 e. The van der Waals surface area contributed by atoms with Gasteiger partial charge in [-0.15, -0.1) is 0 Å². The number of carbonyl (C=O) groups excluding carboxylic acids is 1. The second-order valence-electron chi connectivity index (χ2n) is 6.47. The summed E-state index contributed by atoms with van der Waals surface area (Å²) in [6.07, 6.45) is 1.56. The van der Waals surface area contributed by atoms with Crippen LogP contribution in [0.2, 0.25) is 0 Å². The van der Waals surface area contributed by atoms with Gasteiger partial charge in [0.2, 0.25) is 0 Å². The van der Waals surface area contributed by atoms with E-state index < -0.39 is 0 Å². The molecule has 26 heavy (non-hydrogen) atoms. The molecule has 0 radical (unpaired) electrons. The van der Waals surface area contributed by atoms with E-state index in [2.05, 4.69) is 5.32 Å². The molecule has 0 aliphatic carbocycles. The Morgan fingerprint density at radius 2 is 2.23 bits per heavy atom. The molecular formula is C19H31N3O4. The molecule has 2 unspecified atom stereocenters. The van der Waals surface area contributed by atoms with Crippen LogP contribution in [-0.4, -0.2) is 69.6 Å². The van der Waals surface area contributed by atoms with Crippen molar-refractivity contribution >= 4 is 6.09 Å². The number of nitrogens with two attached hydrogens (primary N) is 1. The van der Waals surface area contributed by atoms with Crippen molar-refractivity contribution in [3.05, 3.63) is 35.9 Å². The first-order valence-electron chi connectivity index (χ1n) is 9.22. The van der Waals surface area contributed by atoms with Crippen molar-refractivity contribution in [3.63, 3.8) is 0 Å². The first-order valence-corrected chi connectivity index (χ1v) is 9.22. The summed E-state index contributed by atoms with van der Waals surface area (Å²) in [7, 11) is 1.69. The molecule has 3 N–H and O–H groups in total. The molecule has 0 aromatic heterocycles. The zero-order chi connectivity index (χ0) is 18.6. The fourth-order valence-electron chi connectivity index (χ4n) is 2.93. The van der Waals surface area contributed by atoms with Crippen LogP contribution in [0.3, 0.4) is 0 Å². The van der Waals surface area contributed by atoms with Gasteiger partial charge in [0.1, 0.15) is 6.61 Å². The fourth-order valence-corrected chi connectivity index (χ4v) is 2.93. The lowest BCUT2D eigenvalue weighted by Crippen LogP contribution is -2.50. The van der Waals surface area contributed by atoms with E-state index in [-0.39, 0.29) is 24.8 Å². The van der Waals surface area contributed by atoms with Crippen molar-refractivity contribution in [3.8, 4) is 0 Å². The lowest BCUT2D eigenvalue weighted by molar-refractivity contribution is -0.0289. The molecule has 7 nitrogen and oxygen atoms in total. The van der Waals surface area contributed by atoms with E-state index in [1.54, 1.807) is 12.0 Å². The molecule has 1 aliphatic heterocycles. The fraction of sp³-hybridized carbons (Fsp3) is 0.632. The summed E-state index contributed by atoms with van der Waals surface area (Å²) in [4.78, 5) is 14.0. The number of nitrogens with zero attached hydrogens (tertiary/aromatic N) is 1. The maximum Gasteiger partial charge on any atom is 0.410 e. The smallest absolute Gasteiger partial charge is 0.410 e. The van der Waals surface area contributed by atoms with E-state index >= 15 is 0 Å². The van der Waals surface area contributed by atoms with Crippen LogP contribution in [0.5, 0.6) is 0 Å². The normalized spacial score (nSPS) is 18.5. The summed E-state index contributed by atoms with van der Waals surface area (Å²) in [5.74, 6) is 0. The second-order valence-corrected chi connectivity index (χ2v) is 6.47. The van der Waals surface area contributed by atoms with Crippen LogP contribution in [0, 0.1) is 0 Å². The van der Waals surface area contributed by atoms with E-state index in [9.17, 15) is 4.79 Å². The Bertz CT molecular complexity index is 515. The summed E-state index contributed by atoms with van der Waals surface area (Å²) in [6, 6.07) is 9.93. The Balaban J connectivity index is 1.73. The monoisotopic (exact) mass is 365 g/mol. The van der Waals surface area contributed by atoms with Crippen molar-refractivity contribution in [2.45, 2.75) is 31.6 Å². The number of ether oxygens (including phenoxy) is 3. The molecule has 7 heteroatoms. The minimum absolute atomic E-state index is 0.0507. The van der Waals surface area contributed by atoms with Gasteiger partial charge in [-0.05, 0) is 24.9 Å². The molecule has 1 amide bonds. The third-order valence-corrected chi connectivity index (χ3v) is 4.36. The van der Waals surface area contributed by atoms with Crippen molar-refractivity contribution in [1.82, 2.24) is 10.2 Å². The number of nitrogens with one attached hydrogen (secondary N) is 1. The number of hydrogen-bond acceptors (Lipinski definition) is 6. The highest BCUT2D eigenvalue weighted by Crippen LogP contribution is 2.09. The highest BCUT2D eigenvalue weighted by Gasteiger charge is 2.25. The van der Waals surface area contributed by atoms with E-state index in [4.69, 9.17) is 19.9 Å². The summed E-state index contributed by atoms with van der Waals surface area (Å²) in [5, 5.41) is 3.46. The molecule has 0 saturated carbocycles. The third-order valence-electron chi connectivity index (χ3n) is 4.36. The quantitative estimate of drug-likeness (QED) is 0.651. The van der Waals surface area contributed by atoms with Crippen LogP contribution < -0.4 is 11.1 Å². The Morgan fingerprint density at radius 3 is 2.96 bits per heavy atom. The second kappa shape index (κ2) is 11.9. The highest BCUT2D eigenvalue weighted by atomic mass is 16.6. The predicted molar refractivity (Wildman–Crippen MR) is 99.9 cm³/mol. The Labute approximate surface area is 155 Å². The van der Waals surface area contributed by atoms with Gasteiger partial charge in [0, 0.05) is 26.2 Å². The lowest BCUT2D eigenvalue weighted by Gasteiger charge is -2.33. The molecule has 146 valence electrons. The van der Waals surface area contributed by atoms with Crippen LogP contribution in [0.1, 0.15) is 18.4 Å². The number of morpholine rings is 1. The van der Waals surface area contributed by atoms with Gasteiger partial charge in [0.15, 0.2) is 0 Å². The van der Waals surface area contributed by atoms with Gasteiger partial charge in [-0.25, -0.2) is 4.79 Å². The zero-order valence-electron chi connectivity index (χ0n) is 15.6. The first kappa shape index (κ1) is 20.6. The van der Waals surface area contributed by atoms with E-state index in [0.29, 0.717) is 39.4 Å². The number of carbonyl (C=O) groups is 1. The van der Waals surface area contributed by atoms with Crippen LogP contribution in [0.4, 0.5) is 4.79 Å². The molecule has 0 spiro atoms. The molecule has 2 atom stereocenters. The molecule has 1 fully saturated rings. The summed E-state index contributed by atoms with van der Waals surface area (Å²) >= 11 is 0. The Hall–Kier alpha value is -1.67. The van der Waals surface area contributed by atoms with Gasteiger partial charge >= 0.3 is 6.09 Å². The molecule has 0 bridgehead atoms. The van der Waals surface area contributed by atoms with Crippen LogP contribution in [-0.2, 0) is 20.8 Å². The van der Waals surface area contributed by atoms with Crippen molar-refractivity contribution in [2.75, 3.05) is 46.5 Å². The summed E-state index contributed by atoms with van der Waals surface area (Å²) < 4.78 is 16.4.